The number of nitrogens with zero attached hydrogens (tertiary/aromatic N) is 2. The van der Waals surface area contributed by atoms with Crippen molar-refractivity contribution in [2.75, 3.05) is 25.1 Å². The highest BCUT2D eigenvalue weighted by atomic mass is 35.5. The summed E-state index contributed by atoms with van der Waals surface area (Å²) < 4.78 is 40.3. The van der Waals surface area contributed by atoms with Crippen LogP contribution in [0.2, 0.25) is 5.02 Å². The van der Waals surface area contributed by atoms with E-state index in [4.69, 9.17) is 21.1 Å². The molecule has 2 amide bonds. The number of rotatable bonds is 15. The van der Waals surface area contributed by atoms with Crippen molar-refractivity contribution in [2.45, 2.75) is 50.2 Å². The molecular formula is C36H40ClN3O6S. The molecule has 1 N–H and O–H groups in total. The fraction of sp³-hybridized carbons (Fsp3) is 0.278. The Balaban J connectivity index is 1.83. The molecule has 0 aliphatic carbocycles. The molecule has 0 aliphatic rings. The first kappa shape index (κ1) is 35.3. The van der Waals surface area contributed by atoms with E-state index in [9.17, 15) is 18.0 Å². The summed E-state index contributed by atoms with van der Waals surface area (Å²) in [5.41, 5.74) is 1.76. The number of benzene rings is 4. The first-order valence-corrected chi connectivity index (χ1v) is 17.1. The van der Waals surface area contributed by atoms with Crippen molar-refractivity contribution < 1.29 is 27.5 Å². The van der Waals surface area contributed by atoms with E-state index in [-0.39, 0.29) is 35.5 Å². The van der Waals surface area contributed by atoms with Crippen LogP contribution in [0.5, 0.6) is 11.5 Å². The standard InChI is InChI=1S/C36H40ClN3O6S/c1-5-26(2)38-36(42)32(22-27-12-8-6-9-13-27)39(24-28-16-18-29(37)19-17-28)35(41)25-40(47(43,44)31-14-10-7-11-15-31)30-20-21-33(45-3)34(23-30)46-4/h6-21,23,26,32H,5,22,24-25H2,1-4H3,(H,38,42)/t26-,32+/m1/s1. The van der Waals surface area contributed by atoms with Gasteiger partial charge in [-0.25, -0.2) is 8.42 Å². The Bertz CT molecular complexity index is 1740. The van der Waals surface area contributed by atoms with E-state index in [1.807, 2.05) is 44.2 Å². The van der Waals surface area contributed by atoms with Gasteiger partial charge in [0.25, 0.3) is 10.0 Å². The fourth-order valence-corrected chi connectivity index (χ4v) is 6.56. The molecule has 0 heterocycles. The number of hydrogen-bond acceptors (Lipinski definition) is 6. The number of carbonyl (C=O) groups excluding carboxylic acids is 2. The quantitative estimate of drug-likeness (QED) is 0.163. The summed E-state index contributed by atoms with van der Waals surface area (Å²) in [4.78, 5) is 30.0. The van der Waals surface area contributed by atoms with Gasteiger partial charge in [0.2, 0.25) is 11.8 Å². The lowest BCUT2D eigenvalue weighted by Gasteiger charge is -2.34. The van der Waals surface area contributed by atoms with Crippen LogP contribution in [-0.2, 0) is 32.6 Å². The zero-order valence-corrected chi connectivity index (χ0v) is 28.5. The molecule has 2 atom stereocenters. The van der Waals surface area contributed by atoms with Crippen molar-refractivity contribution in [1.82, 2.24) is 10.2 Å². The van der Waals surface area contributed by atoms with E-state index >= 15 is 0 Å². The minimum Gasteiger partial charge on any atom is -0.493 e. The van der Waals surface area contributed by atoms with Crippen LogP contribution in [0.1, 0.15) is 31.4 Å². The van der Waals surface area contributed by atoms with Crippen LogP contribution in [0.25, 0.3) is 0 Å². The van der Waals surface area contributed by atoms with Gasteiger partial charge in [-0.15, -0.1) is 0 Å². The molecule has 4 rings (SSSR count). The summed E-state index contributed by atoms with van der Waals surface area (Å²) >= 11 is 6.16. The van der Waals surface area contributed by atoms with E-state index in [1.54, 1.807) is 54.6 Å². The van der Waals surface area contributed by atoms with Gasteiger partial charge >= 0.3 is 0 Å². The van der Waals surface area contributed by atoms with E-state index in [0.717, 1.165) is 15.4 Å². The van der Waals surface area contributed by atoms with Gasteiger partial charge in [0, 0.05) is 30.1 Å². The molecule has 0 aromatic heterocycles. The van der Waals surface area contributed by atoms with Crippen LogP contribution >= 0.6 is 11.6 Å². The first-order chi connectivity index (χ1) is 22.6. The molecule has 0 saturated carbocycles. The molecule has 4 aromatic rings. The second-order valence-electron chi connectivity index (χ2n) is 11.0. The Labute approximate surface area is 282 Å². The highest BCUT2D eigenvalue weighted by Gasteiger charge is 2.35. The lowest BCUT2D eigenvalue weighted by Crippen LogP contribution is -2.54. The molecule has 47 heavy (non-hydrogen) atoms. The maximum absolute atomic E-state index is 14.6. The molecule has 0 spiro atoms. The summed E-state index contributed by atoms with van der Waals surface area (Å²) in [6.07, 6.45) is 0.904. The van der Waals surface area contributed by atoms with E-state index in [0.29, 0.717) is 22.9 Å². The predicted molar refractivity (Wildman–Crippen MR) is 184 cm³/mol. The second kappa shape index (κ2) is 16.3. The summed E-state index contributed by atoms with van der Waals surface area (Å²) in [6, 6.07) is 27.8. The SMILES string of the molecule is CC[C@@H](C)NC(=O)[C@H](Cc1ccccc1)N(Cc1ccc(Cl)cc1)C(=O)CN(c1ccc(OC)c(OC)c1)S(=O)(=O)c1ccccc1. The van der Waals surface area contributed by atoms with Crippen molar-refractivity contribution in [3.05, 3.63) is 119 Å². The molecule has 4 aromatic carbocycles. The van der Waals surface area contributed by atoms with Crippen LogP contribution < -0.4 is 19.1 Å². The average molecular weight is 678 g/mol. The van der Waals surface area contributed by atoms with Crippen LogP contribution in [0.3, 0.4) is 0 Å². The van der Waals surface area contributed by atoms with Crippen LogP contribution in [0.15, 0.2) is 108 Å². The molecule has 0 aliphatic heterocycles. The summed E-state index contributed by atoms with van der Waals surface area (Å²) in [7, 11) is -1.34. The van der Waals surface area contributed by atoms with Crippen LogP contribution in [0.4, 0.5) is 5.69 Å². The number of carbonyl (C=O) groups is 2. The second-order valence-corrected chi connectivity index (χ2v) is 13.3. The van der Waals surface area contributed by atoms with Gasteiger partial charge in [0.05, 0.1) is 24.8 Å². The van der Waals surface area contributed by atoms with Gasteiger partial charge in [-0.3, -0.25) is 13.9 Å². The van der Waals surface area contributed by atoms with Gasteiger partial charge in [-0.05, 0) is 60.9 Å². The van der Waals surface area contributed by atoms with E-state index in [2.05, 4.69) is 5.32 Å². The van der Waals surface area contributed by atoms with Crippen LogP contribution in [0, 0.1) is 0 Å². The monoisotopic (exact) mass is 677 g/mol. The molecule has 0 unspecified atom stereocenters. The molecule has 248 valence electrons. The average Bonchev–Trinajstić information content (AvgIpc) is 3.09. The summed E-state index contributed by atoms with van der Waals surface area (Å²) in [5.74, 6) is -0.226. The minimum absolute atomic E-state index is 0.00202. The Kier molecular flexibility index (Phi) is 12.3. The third-order valence-electron chi connectivity index (χ3n) is 7.80. The van der Waals surface area contributed by atoms with E-state index < -0.39 is 28.5 Å². The van der Waals surface area contributed by atoms with Gasteiger partial charge in [-0.2, -0.15) is 0 Å². The Morgan fingerprint density at radius 1 is 0.830 bits per heavy atom. The fourth-order valence-electron chi connectivity index (χ4n) is 5.01. The topological polar surface area (TPSA) is 105 Å². The molecular weight excluding hydrogens is 638 g/mol. The molecule has 9 nitrogen and oxygen atoms in total. The van der Waals surface area contributed by atoms with Gasteiger partial charge < -0.3 is 19.7 Å². The maximum atomic E-state index is 14.6. The highest BCUT2D eigenvalue weighted by molar-refractivity contribution is 7.92. The summed E-state index contributed by atoms with van der Waals surface area (Å²) in [5, 5.41) is 3.56. The number of anilines is 1. The number of ether oxygens (including phenoxy) is 2. The van der Waals surface area contributed by atoms with Gasteiger partial charge in [0.15, 0.2) is 11.5 Å². The predicted octanol–water partition coefficient (Wildman–Crippen LogP) is 6.11. The maximum Gasteiger partial charge on any atom is 0.264 e. The zero-order chi connectivity index (χ0) is 34.0. The number of amides is 2. The highest BCUT2D eigenvalue weighted by Crippen LogP contribution is 2.34. The Morgan fingerprint density at radius 2 is 1.45 bits per heavy atom. The largest absolute Gasteiger partial charge is 0.493 e. The smallest absolute Gasteiger partial charge is 0.264 e. The number of halogens is 1. The number of methoxy groups -OCH3 is 2. The van der Waals surface area contributed by atoms with Gasteiger partial charge in [0.1, 0.15) is 12.6 Å². The Hall–Kier alpha value is -4.54. The van der Waals surface area contributed by atoms with Crippen molar-refractivity contribution in [2.24, 2.45) is 0 Å². The number of nitrogens with one attached hydrogen (secondary N) is 1. The Morgan fingerprint density at radius 3 is 2.04 bits per heavy atom. The molecule has 0 radical (unpaired) electrons. The number of hydrogen-bond donors (Lipinski definition) is 1. The molecule has 11 heteroatoms. The summed E-state index contributed by atoms with van der Waals surface area (Å²) in [6.45, 7) is 3.30. The van der Waals surface area contributed by atoms with Crippen molar-refractivity contribution >= 4 is 39.1 Å². The van der Waals surface area contributed by atoms with Crippen molar-refractivity contribution in [3.8, 4) is 11.5 Å². The van der Waals surface area contributed by atoms with Crippen LogP contribution in [-0.4, -0.2) is 58.0 Å². The van der Waals surface area contributed by atoms with Crippen molar-refractivity contribution in [1.29, 1.82) is 0 Å². The first-order valence-electron chi connectivity index (χ1n) is 15.2. The normalized spacial score (nSPS) is 12.4. The molecule has 0 bridgehead atoms. The van der Waals surface area contributed by atoms with E-state index in [1.165, 1.54) is 37.3 Å². The third-order valence-corrected chi connectivity index (χ3v) is 9.84. The van der Waals surface area contributed by atoms with Crippen molar-refractivity contribution in [3.63, 3.8) is 0 Å². The third kappa shape index (κ3) is 9.05. The molecule has 0 saturated heterocycles. The van der Waals surface area contributed by atoms with Gasteiger partial charge in [-0.1, -0.05) is 79.2 Å². The molecule has 0 fully saturated rings. The number of sulfonamides is 1. The minimum atomic E-state index is -4.26. The zero-order valence-electron chi connectivity index (χ0n) is 26.9. The lowest BCUT2D eigenvalue weighted by atomic mass is 10.0. The lowest BCUT2D eigenvalue weighted by molar-refractivity contribution is -0.140.